The number of nitrogens with one attached hydrogen (secondary N) is 1. The fourth-order valence-electron chi connectivity index (χ4n) is 2.25. The van der Waals surface area contributed by atoms with Crippen LogP contribution in [0.3, 0.4) is 0 Å². The Hall–Kier alpha value is -1.35. The highest BCUT2D eigenvalue weighted by atomic mass is 16.3. The summed E-state index contributed by atoms with van der Waals surface area (Å²) in [5.41, 5.74) is 3.66. The van der Waals surface area contributed by atoms with Crippen molar-refractivity contribution in [2.45, 2.75) is 38.7 Å². The molecular weight excluding hydrogens is 214 g/mol. The van der Waals surface area contributed by atoms with E-state index in [1.54, 1.807) is 6.92 Å². The first-order chi connectivity index (χ1) is 8.20. The van der Waals surface area contributed by atoms with E-state index < -0.39 is 6.10 Å². The molecular formula is C14H19NO2. The summed E-state index contributed by atoms with van der Waals surface area (Å²) in [6.07, 6.45) is 3.32. The van der Waals surface area contributed by atoms with Crippen molar-refractivity contribution in [2.75, 3.05) is 6.54 Å². The van der Waals surface area contributed by atoms with E-state index in [2.05, 4.69) is 17.4 Å². The highest BCUT2D eigenvalue weighted by molar-refractivity contribution is 5.75. The SMILES string of the molecule is CCC(=O)NCC(O)c1ccc2c(c1)CCC2. The Morgan fingerprint density at radius 2 is 2.18 bits per heavy atom. The Morgan fingerprint density at radius 3 is 2.94 bits per heavy atom. The zero-order valence-corrected chi connectivity index (χ0v) is 10.2. The number of carbonyl (C=O) groups excluding carboxylic acids is 1. The zero-order valence-electron chi connectivity index (χ0n) is 10.2. The number of hydrogen-bond acceptors (Lipinski definition) is 2. The molecule has 3 nitrogen and oxygen atoms in total. The van der Waals surface area contributed by atoms with Crippen LogP contribution in [-0.4, -0.2) is 17.6 Å². The maximum Gasteiger partial charge on any atom is 0.219 e. The number of fused-ring (bicyclic) bond motifs is 1. The number of carbonyl (C=O) groups is 1. The molecule has 92 valence electrons. The van der Waals surface area contributed by atoms with Gasteiger partial charge in [0.25, 0.3) is 0 Å². The van der Waals surface area contributed by atoms with Crippen molar-refractivity contribution < 1.29 is 9.90 Å². The highest BCUT2D eigenvalue weighted by Gasteiger charge is 2.14. The van der Waals surface area contributed by atoms with Crippen LogP contribution in [0.5, 0.6) is 0 Å². The van der Waals surface area contributed by atoms with Crippen molar-refractivity contribution in [1.82, 2.24) is 5.32 Å². The summed E-state index contributed by atoms with van der Waals surface area (Å²) in [6, 6.07) is 6.14. The lowest BCUT2D eigenvalue weighted by Crippen LogP contribution is -2.27. The average molecular weight is 233 g/mol. The van der Waals surface area contributed by atoms with Gasteiger partial charge in [0.1, 0.15) is 0 Å². The number of aliphatic hydroxyl groups is 1. The molecule has 1 aromatic rings. The lowest BCUT2D eigenvalue weighted by Gasteiger charge is -2.13. The summed E-state index contributed by atoms with van der Waals surface area (Å²) < 4.78 is 0. The Balaban J connectivity index is 1.99. The minimum atomic E-state index is -0.601. The Morgan fingerprint density at radius 1 is 1.41 bits per heavy atom. The second-order valence-corrected chi connectivity index (χ2v) is 4.56. The largest absolute Gasteiger partial charge is 0.387 e. The van der Waals surface area contributed by atoms with Crippen LogP contribution in [0, 0.1) is 0 Å². The third kappa shape index (κ3) is 2.86. The number of aliphatic hydroxyl groups excluding tert-OH is 1. The van der Waals surface area contributed by atoms with Gasteiger partial charge in [0.15, 0.2) is 0 Å². The molecule has 0 spiro atoms. The summed E-state index contributed by atoms with van der Waals surface area (Å²) in [7, 11) is 0. The molecule has 1 atom stereocenters. The minimum Gasteiger partial charge on any atom is -0.387 e. The van der Waals surface area contributed by atoms with Crippen LogP contribution in [0.4, 0.5) is 0 Å². The lowest BCUT2D eigenvalue weighted by atomic mass is 10.0. The fourth-order valence-corrected chi connectivity index (χ4v) is 2.25. The van der Waals surface area contributed by atoms with Crippen molar-refractivity contribution in [3.63, 3.8) is 0 Å². The molecule has 0 saturated carbocycles. The number of benzene rings is 1. The molecule has 0 aromatic heterocycles. The predicted molar refractivity (Wildman–Crippen MR) is 66.7 cm³/mol. The van der Waals surface area contributed by atoms with Crippen molar-refractivity contribution >= 4 is 5.91 Å². The van der Waals surface area contributed by atoms with Gasteiger partial charge >= 0.3 is 0 Å². The van der Waals surface area contributed by atoms with E-state index in [1.165, 1.54) is 17.5 Å². The maximum absolute atomic E-state index is 11.1. The molecule has 0 fully saturated rings. The van der Waals surface area contributed by atoms with Crippen LogP contribution in [0.25, 0.3) is 0 Å². The van der Waals surface area contributed by atoms with E-state index in [1.807, 2.05) is 6.07 Å². The molecule has 0 saturated heterocycles. The molecule has 0 aliphatic heterocycles. The maximum atomic E-state index is 11.1. The second-order valence-electron chi connectivity index (χ2n) is 4.56. The van der Waals surface area contributed by atoms with Gasteiger partial charge in [-0.2, -0.15) is 0 Å². The molecule has 17 heavy (non-hydrogen) atoms. The van der Waals surface area contributed by atoms with Gasteiger partial charge in [-0.15, -0.1) is 0 Å². The van der Waals surface area contributed by atoms with E-state index in [9.17, 15) is 9.90 Å². The van der Waals surface area contributed by atoms with E-state index in [-0.39, 0.29) is 5.91 Å². The van der Waals surface area contributed by atoms with Gasteiger partial charge in [-0.1, -0.05) is 25.1 Å². The van der Waals surface area contributed by atoms with Crippen LogP contribution in [0.2, 0.25) is 0 Å². The number of aryl methyl sites for hydroxylation is 2. The van der Waals surface area contributed by atoms with Gasteiger partial charge in [0.05, 0.1) is 6.10 Å². The molecule has 2 rings (SSSR count). The molecule has 1 amide bonds. The molecule has 1 aliphatic rings. The van der Waals surface area contributed by atoms with Crippen molar-refractivity contribution in [1.29, 1.82) is 0 Å². The van der Waals surface area contributed by atoms with Crippen molar-refractivity contribution in [2.24, 2.45) is 0 Å². The Bertz CT molecular complexity index is 415. The van der Waals surface area contributed by atoms with Gasteiger partial charge in [-0.3, -0.25) is 4.79 Å². The van der Waals surface area contributed by atoms with Crippen LogP contribution in [0.15, 0.2) is 18.2 Å². The van der Waals surface area contributed by atoms with E-state index in [0.717, 1.165) is 18.4 Å². The Labute approximate surface area is 102 Å². The molecule has 1 aliphatic carbocycles. The minimum absolute atomic E-state index is 0.0230. The summed E-state index contributed by atoms with van der Waals surface area (Å²) in [5.74, 6) is -0.0230. The topological polar surface area (TPSA) is 49.3 Å². The first-order valence-corrected chi connectivity index (χ1v) is 6.27. The first kappa shape index (κ1) is 12.1. The molecule has 3 heteroatoms. The molecule has 0 radical (unpaired) electrons. The third-order valence-electron chi connectivity index (χ3n) is 3.32. The predicted octanol–water partition coefficient (Wildman–Crippen LogP) is 1.73. The molecule has 1 unspecified atom stereocenters. The van der Waals surface area contributed by atoms with Gasteiger partial charge in [-0.25, -0.2) is 0 Å². The van der Waals surface area contributed by atoms with Gasteiger partial charge in [0, 0.05) is 13.0 Å². The average Bonchev–Trinajstić information content (AvgIpc) is 2.82. The van der Waals surface area contributed by atoms with Crippen LogP contribution in [0.1, 0.15) is 42.6 Å². The van der Waals surface area contributed by atoms with E-state index in [4.69, 9.17) is 0 Å². The second kappa shape index (κ2) is 5.32. The molecule has 0 bridgehead atoms. The quantitative estimate of drug-likeness (QED) is 0.832. The smallest absolute Gasteiger partial charge is 0.219 e. The zero-order chi connectivity index (χ0) is 12.3. The fraction of sp³-hybridized carbons (Fsp3) is 0.500. The Kier molecular flexibility index (Phi) is 3.79. The standard InChI is InChI=1S/C14H19NO2/c1-2-14(17)15-9-13(16)12-7-6-10-4-3-5-11(10)8-12/h6-8,13,16H,2-5,9H2,1H3,(H,15,17). The summed E-state index contributed by atoms with van der Waals surface area (Å²) in [6.45, 7) is 2.10. The van der Waals surface area contributed by atoms with Crippen LogP contribution >= 0.6 is 0 Å². The summed E-state index contributed by atoms with van der Waals surface area (Å²) >= 11 is 0. The van der Waals surface area contributed by atoms with Crippen LogP contribution in [-0.2, 0) is 17.6 Å². The summed E-state index contributed by atoms with van der Waals surface area (Å²) in [5, 5.41) is 12.7. The van der Waals surface area contributed by atoms with Gasteiger partial charge < -0.3 is 10.4 Å². The molecule has 1 aromatic carbocycles. The third-order valence-corrected chi connectivity index (χ3v) is 3.32. The number of amides is 1. The van der Waals surface area contributed by atoms with Gasteiger partial charge in [-0.05, 0) is 36.0 Å². The van der Waals surface area contributed by atoms with Crippen molar-refractivity contribution in [3.8, 4) is 0 Å². The van der Waals surface area contributed by atoms with Crippen molar-refractivity contribution in [3.05, 3.63) is 34.9 Å². The first-order valence-electron chi connectivity index (χ1n) is 6.27. The molecule has 0 heterocycles. The number of hydrogen-bond donors (Lipinski definition) is 2. The van der Waals surface area contributed by atoms with Crippen LogP contribution < -0.4 is 5.32 Å². The van der Waals surface area contributed by atoms with E-state index in [0.29, 0.717) is 13.0 Å². The normalized spacial score (nSPS) is 15.4. The summed E-state index contributed by atoms with van der Waals surface area (Å²) in [4.78, 5) is 11.1. The lowest BCUT2D eigenvalue weighted by molar-refractivity contribution is -0.121. The number of rotatable bonds is 4. The highest BCUT2D eigenvalue weighted by Crippen LogP contribution is 2.25. The molecule has 2 N–H and O–H groups in total. The van der Waals surface area contributed by atoms with Gasteiger partial charge in [0.2, 0.25) is 5.91 Å². The monoisotopic (exact) mass is 233 g/mol. The van der Waals surface area contributed by atoms with E-state index >= 15 is 0 Å².